The third kappa shape index (κ3) is 4.95. The molecule has 1 aromatic carbocycles. The summed E-state index contributed by atoms with van der Waals surface area (Å²) in [6.45, 7) is 2.59. The average Bonchev–Trinajstić information content (AvgIpc) is 2.92. The van der Waals surface area contributed by atoms with Crippen LogP contribution in [0.4, 0.5) is 5.82 Å². The third-order valence-electron chi connectivity index (χ3n) is 4.57. The van der Waals surface area contributed by atoms with Gasteiger partial charge in [-0.3, -0.25) is 4.79 Å². The number of carbonyl (C=O) groups excluding carboxylic acids is 1. The van der Waals surface area contributed by atoms with Gasteiger partial charge in [0.1, 0.15) is 11.6 Å². The molecule has 1 aliphatic rings. The molecule has 0 atom stereocenters. The lowest BCUT2D eigenvalue weighted by atomic mass is 10.1. The number of para-hydroxylation sites is 1. The highest BCUT2D eigenvalue weighted by molar-refractivity contribution is 5.79. The number of benzene rings is 1. The number of carbonyl (C=O) groups is 1. The zero-order valence-electron chi connectivity index (χ0n) is 14.4. The fraction of sp³-hybridized carbons (Fsp3) is 0.400. The van der Waals surface area contributed by atoms with Crippen LogP contribution in [0.2, 0.25) is 0 Å². The molecule has 5 nitrogen and oxygen atoms in total. The lowest BCUT2D eigenvalue weighted by molar-refractivity contribution is -0.120. The number of aromatic hydroxyl groups is 1. The molecule has 2 N–H and O–H groups in total. The number of amides is 1. The molecule has 0 spiro atoms. The Bertz CT molecular complexity index is 692. The standard InChI is InChI=1S/C20H25N3O2/c24-18-8-4-3-7-17(18)13-20(25)22-15-16-9-10-19(21-14-16)23-11-5-1-2-6-12-23/h3-4,7-10,14,24H,1-2,5-6,11-13,15H2,(H,22,25). The molecule has 25 heavy (non-hydrogen) atoms. The smallest absolute Gasteiger partial charge is 0.224 e. The summed E-state index contributed by atoms with van der Waals surface area (Å²) in [7, 11) is 0. The van der Waals surface area contributed by atoms with Gasteiger partial charge in [0.2, 0.25) is 5.91 Å². The Balaban J connectivity index is 1.51. The lowest BCUT2D eigenvalue weighted by Gasteiger charge is -2.21. The minimum atomic E-state index is -0.113. The summed E-state index contributed by atoms with van der Waals surface area (Å²) in [5.74, 6) is 1.06. The number of phenolic OH excluding ortho intramolecular Hbond substituents is 1. The van der Waals surface area contributed by atoms with Crippen LogP contribution in [0.1, 0.15) is 36.8 Å². The highest BCUT2D eigenvalue weighted by atomic mass is 16.3. The van der Waals surface area contributed by atoms with E-state index in [1.54, 1.807) is 18.2 Å². The van der Waals surface area contributed by atoms with Gasteiger partial charge >= 0.3 is 0 Å². The van der Waals surface area contributed by atoms with E-state index >= 15 is 0 Å². The van der Waals surface area contributed by atoms with Gasteiger partial charge in [0, 0.05) is 31.4 Å². The van der Waals surface area contributed by atoms with Crippen LogP contribution >= 0.6 is 0 Å². The van der Waals surface area contributed by atoms with E-state index in [0.29, 0.717) is 12.1 Å². The molecule has 1 aliphatic heterocycles. The molecule has 1 fully saturated rings. The van der Waals surface area contributed by atoms with Gasteiger partial charge in [-0.2, -0.15) is 0 Å². The summed E-state index contributed by atoms with van der Waals surface area (Å²) in [6, 6.07) is 11.0. The molecule has 132 valence electrons. The maximum absolute atomic E-state index is 12.0. The summed E-state index contributed by atoms with van der Waals surface area (Å²) in [6.07, 6.45) is 7.07. The minimum Gasteiger partial charge on any atom is -0.508 e. The summed E-state index contributed by atoms with van der Waals surface area (Å²) in [4.78, 5) is 18.9. The Morgan fingerprint density at radius 3 is 2.52 bits per heavy atom. The second-order valence-corrected chi connectivity index (χ2v) is 6.51. The van der Waals surface area contributed by atoms with E-state index in [0.717, 1.165) is 24.5 Å². The fourth-order valence-electron chi connectivity index (χ4n) is 3.10. The van der Waals surface area contributed by atoms with Gasteiger partial charge in [-0.25, -0.2) is 4.98 Å². The molecule has 2 aromatic rings. The van der Waals surface area contributed by atoms with Gasteiger partial charge in [0.25, 0.3) is 0 Å². The predicted molar refractivity (Wildman–Crippen MR) is 98.6 cm³/mol. The van der Waals surface area contributed by atoms with Crippen molar-refractivity contribution in [2.45, 2.75) is 38.6 Å². The van der Waals surface area contributed by atoms with Crippen LogP contribution in [0.25, 0.3) is 0 Å². The number of hydrogen-bond acceptors (Lipinski definition) is 4. The first-order valence-corrected chi connectivity index (χ1v) is 8.96. The van der Waals surface area contributed by atoms with Crippen molar-refractivity contribution in [3.8, 4) is 5.75 Å². The summed E-state index contributed by atoms with van der Waals surface area (Å²) in [5, 5.41) is 12.6. The molecule has 5 heteroatoms. The van der Waals surface area contributed by atoms with Gasteiger partial charge < -0.3 is 15.3 Å². The molecule has 3 rings (SSSR count). The van der Waals surface area contributed by atoms with Crippen molar-refractivity contribution in [2.75, 3.05) is 18.0 Å². The average molecular weight is 339 g/mol. The van der Waals surface area contributed by atoms with E-state index in [9.17, 15) is 9.90 Å². The summed E-state index contributed by atoms with van der Waals surface area (Å²) < 4.78 is 0. The van der Waals surface area contributed by atoms with Crippen molar-refractivity contribution in [2.24, 2.45) is 0 Å². The number of phenols is 1. The molecule has 0 aliphatic carbocycles. The molecular formula is C20H25N3O2. The molecule has 0 radical (unpaired) electrons. The topological polar surface area (TPSA) is 65.5 Å². The maximum Gasteiger partial charge on any atom is 0.224 e. The first-order chi connectivity index (χ1) is 12.2. The second-order valence-electron chi connectivity index (χ2n) is 6.51. The molecule has 0 unspecified atom stereocenters. The van der Waals surface area contributed by atoms with Crippen molar-refractivity contribution in [3.05, 3.63) is 53.7 Å². The Kier molecular flexibility index (Phi) is 5.88. The molecule has 1 aromatic heterocycles. The SMILES string of the molecule is O=C(Cc1ccccc1O)NCc1ccc(N2CCCCCC2)nc1. The number of anilines is 1. The molecule has 0 saturated carbocycles. The van der Waals surface area contributed by atoms with Crippen molar-refractivity contribution >= 4 is 11.7 Å². The largest absolute Gasteiger partial charge is 0.508 e. The van der Waals surface area contributed by atoms with E-state index in [4.69, 9.17) is 0 Å². The Morgan fingerprint density at radius 1 is 1.08 bits per heavy atom. The Morgan fingerprint density at radius 2 is 1.84 bits per heavy atom. The summed E-state index contributed by atoms with van der Waals surface area (Å²) >= 11 is 0. The highest BCUT2D eigenvalue weighted by Gasteiger charge is 2.11. The highest BCUT2D eigenvalue weighted by Crippen LogP contribution is 2.18. The van der Waals surface area contributed by atoms with Crippen molar-refractivity contribution < 1.29 is 9.90 Å². The second kappa shape index (κ2) is 8.51. The van der Waals surface area contributed by atoms with E-state index in [-0.39, 0.29) is 18.1 Å². The lowest BCUT2D eigenvalue weighted by Crippen LogP contribution is -2.26. The van der Waals surface area contributed by atoms with Crippen LogP contribution in [0.15, 0.2) is 42.6 Å². The van der Waals surface area contributed by atoms with Crippen LogP contribution in [0, 0.1) is 0 Å². The predicted octanol–water partition coefficient (Wildman–Crippen LogP) is 3.03. The number of rotatable bonds is 5. The first-order valence-electron chi connectivity index (χ1n) is 8.96. The third-order valence-corrected chi connectivity index (χ3v) is 4.57. The zero-order chi connectivity index (χ0) is 17.5. The molecular weight excluding hydrogens is 314 g/mol. The minimum absolute atomic E-state index is 0.113. The van der Waals surface area contributed by atoms with E-state index in [1.807, 2.05) is 24.4 Å². The van der Waals surface area contributed by atoms with E-state index in [2.05, 4.69) is 15.2 Å². The monoisotopic (exact) mass is 339 g/mol. The van der Waals surface area contributed by atoms with Gasteiger partial charge in [-0.1, -0.05) is 37.1 Å². The summed E-state index contributed by atoms with van der Waals surface area (Å²) in [5.41, 5.74) is 1.61. The van der Waals surface area contributed by atoms with E-state index < -0.39 is 0 Å². The molecule has 0 bridgehead atoms. The van der Waals surface area contributed by atoms with Gasteiger partial charge in [-0.15, -0.1) is 0 Å². The van der Waals surface area contributed by atoms with Crippen molar-refractivity contribution in [3.63, 3.8) is 0 Å². The molecule has 2 heterocycles. The number of pyridine rings is 1. The number of aromatic nitrogens is 1. The van der Waals surface area contributed by atoms with Crippen LogP contribution in [0.5, 0.6) is 5.75 Å². The number of hydrogen-bond donors (Lipinski definition) is 2. The van der Waals surface area contributed by atoms with Crippen LogP contribution < -0.4 is 10.2 Å². The zero-order valence-corrected chi connectivity index (χ0v) is 14.4. The van der Waals surface area contributed by atoms with Crippen LogP contribution in [-0.2, 0) is 17.8 Å². The van der Waals surface area contributed by atoms with Crippen molar-refractivity contribution in [1.82, 2.24) is 10.3 Å². The molecule has 1 amide bonds. The first kappa shape index (κ1) is 17.3. The fourth-order valence-corrected chi connectivity index (χ4v) is 3.10. The maximum atomic E-state index is 12.0. The van der Waals surface area contributed by atoms with Gasteiger partial charge in [-0.05, 0) is 30.5 Å². The van der Waals surface area contributed by atoms with Gasteiger partial charge in [0.15, 0.2) is 0 Å². The number of nitrogens with one attached hydrogen (secondary N) is 1. The van der Waals surface area contributed by atoms with Crippen molar-refractivity contribution in [1.29, 1.82) is 0 Å². The van der Waals surface area contributed by atoms with E-state index in [1.165, 1.54) is 25.7 Å². The quantitative estimate of drug-likeness (QED) is 0.879. The van der Waals surface area contributed by atoms with Crippen LogP contribution in [-0.4, -0.2) is 29.1 Å². The number of nitrogens with zero attached hydrogens (tertiary/aromatic N) is 2. The van der Waals surface area contributed by atoms with Crippen LogP contribution in [0.3, 0.4) is 0 Å². The Hall–Kier alpha value is -2.56. The normalized spacial score (nSPS) is 14.8. The van der Waals surface area contributed by atoms with Gasteiger partial charge in [0.05, 0.1) is 6.42 Å². The Labute approximate surface area is 148 Å². The molecule has 1 saturated heterocycles.